The Morgan fingerprint density at radius 2 is 2.26 bits per heavy atom. The Morgan fingerprint density at radius 3 is 3.00 bits per heavy atom. The number of rotatable bonds is 3. The highest BCUT2D eigenvalue weighted by Gasteiger charge is 2.31. The Hall–Kier alpha value is -2.32. The molecule has 1 aliphatic heterocycles. The van der Waals surface area contributed by atoms with Crippen LogP contribution in [0, 0.1) is 0 Å². The molecule has 2 atom stereocenters. The third-order valence-electron chi connectivity index (χ3n) is 2.92. The number of aromatic nitrogens is 4. The molecule has 0 saturated carbocycles. The van der Waals surface area contributed by atoms with E-state index in [1.807, 2.05) is 18.2 Å². The van der Waals surface area contributed by atoms with Crippen molar-refractivity contribution in [3.05, 3.63) is 36.4 Å². The highest BCUT2D eigenvalue weighted by molar-refractivity contribution is 5.93. The normalized spacial score (nSPS) is 22.3. The molecule has 1 amide bonds. The van der Waals surface area contributed by atoms with Crippen molar-refractivity contribution in [1.29, 1.82) is 0 Å². The van der Waals surface area contributed by atoms with Crippen LogP contribution in [0.2, 0.25) is 0 Å². The number of hydrogen-bond acceptors (Lipinski definition) is 6. The van der Waals surface area contributed by atoms with Crippen LogP contribution in [-0.2, 0) is 4.79 Å². The molecule has 0 bridgehead atoms. The van der Waals surface area contributed by atoms with Crippen molar-refractivity contribution >= 4 is 11.9 Å². The second kappa shape index (κ2) is 5.12. The van der Waals surface area contributed by atoms with Gasteiger partial charge in [0.25, 0.3) is 0 Å². The second-order valence-electron chi connectivity index (χ2n) is 4.21. The summed E-state index contributed by atoms with van der Waals surface area (Å²) in [6.45, 7) is 0. The lowest BCUT2D eigenvalue weighted by molar-refractivity contribution is -0.117. The summed E-state index contributed by atoms with van der Waals surface area (Å²) in [6.07, 6.45) is 3.70. The van der Waals surface area contributed by atoms with Gasteiger partial charge in [0.15, 0.2) is 0 Å². The van der Waals surface area contributed by atoms with Gasteiger partial charge in [-0.15, -0.1) is 0 Å². The van der Waals surface area contributed by atoms with E-state index in [4.69, 9.17) is 0 Å². The van der Waals surface area contributed by atoms with E-state index in [9.17, 15) is 4.79 Å². The SMILES string of the molecule is O=C(Nc1ncn[nH]1)C1CC(c2ccccn2)NN1. The van der Waals surface area contributed by atoms with Gasteiger partial charge in [-0.25, -0.2) is 16.0 Å². The average molecular weight is 259 g/mol. The Labute approximate surface area is 109 Å². The Morgan fingerprint density at radius 1 is 1.32 bits per heavy atom. The van der Waals surface area contributed by atoms with Crippen LogP contribution < -0.4 is 16.2 Å². The fourth-order valence-corrected chi connectivity index (χ4v) is 1.97. The third-order valence-corrected chi connectivity index (χ3v) is 2.92. The fraction of sp³-hybridized carbons (Fsp3) is 0.273. The van der Waals surface area contributed by atoms with Gasteiger partial charge >= 0.3 is 0 Å². The van der Waals surface area contributed by atoms with E-state index in [0.29, 0.717) is 12.4 Å². The van der Waals surface area contributed by atoms with Crippen LogP contribution in [0.1, 0.15) is 18.2 Å². The van der Waals surface area contributed by atoms with Gasteiger partial charge in [0.05, 0.1) is 11.7 Å². The molecule has 0 aromatic carbocycles. The number of pyridine rings is 1. The van der Waals surface area contributed by atoms with Crippen LogP contribution in [-0.4, -0.2) is 32.1 Å². The van der Waals surface area contributed by atoms with E-state index in [0.717, 1.165) is 5.69 Å². The quantitative estimate of drug-likeness (QED) is 0.605. The van der Waals surface area contributed by atoms with Crippen molar-refractivity contribution in [2.24, 2.45) is 0 Å². The lowest BCUT2D eigenvalue weighted by Gasteiger charge is -2.08. The molecule has 0 aliphatic carbocycles. The van der Waals surface area contributed by atoms with Crippen molar-refractivity contribution in [3.8, 4) is 0 Å². The van der Waals surface area contributed by atoms with Gasteiger partial charge in [-0.2, -0.15) is 10.1 Å². The zero-order chi connectivity index (χ0) is 13.1. The molecular weight excluding hydrogens is 246 g/mol. The van der Waals surface area contributed by atoms with Crippen molar-refractivity contribution < 1.29 is 4.79 Å². The van der Waals surface area contributed by atoms with Crippen molar-refractivity contribution in [1.82, 2.24) is 31.0 Å². The summed E-state index contributed by atoms with van der Waals surface area (Å²) in [7, 11) is 0. The standard InChI is InChI=1S/C11H13N7O/c19-10(15-11-13-6-14-18-11)9-5-8(16-17-9)7-3-1-2-4-12-7/h1-4,6,8-9,16-17H,5H2,(H2,13,14,15,18,19). The zero-order valence-electron chi connectivity index (χ0n) is 10.00. The van der Waals surface area contributed by atoms with E-state index in [-0.39, 0.29) is 18.0 Å². The first-order valence-corrected chi connectivity index (χ1v) is 5.91. The molecule has 3 heterocycles. The molecule has 2 unspecified atom stereocenters. The minimum absolute atomic E-state index is 0.0201. The molecule has 0 spiro atoms. The summed E-state index contributed by atoms with van der Waals surface area (Å²) in [5.41, 5.74) is 6.92. The monoisotopic (exact) mass is 259 g/mol. The van der Waals surface area contributed by atoms with Gasteiger partial charge in [0, 0.05) is 6.20 Å². The molecule has 19 heavy (non-hydrogen) atoms. The van der Waals surface area contributed by atoms with Gasteiger partial charge in [-0.3, -0.25) is 15.1 Å². The Kier molecular flexibility index (Phi) is 3.17. The Bertz CT molecular complexity index is 541. The number of nitrogens with zero attached hydrogens (tertiary/aromatic N) is 3. The van der Waals surface area contributed by atoms with Crippen LogP contribution in [0.25, 0.3) is 0 Å². The van der Waals surface area contributed by atoms with Gasteiger partial charge in [0.1, 0.15) is 12.4 Å². The molecule has 8 nitrogen and oxygen atoms in total. The zero-order valence-corrected chi connectivity index (χ0v) is 10.00. The van der Waals surface area contributed by atoms with Crippen molar-refractivity contribution in [2.75, 3.05) is 5.32 Å². The van der Waals surface area contributed by atoms with Crippen molar-refractivity contribution in [2.45, 2.75) is 18.5 Å². The van der Waals surface area contributed by atoms with Crippen LogP contribution >= 0.6 is 0 Å². The number of carbonyl (C=O) groups excluding carboxylic acids is 1. The van der Waals surface area contributed by atoms with Gasteiger partial charge < -0.3 is 0 Å². The highest BCUT2D eigenvalue weighted by atomic mass is 16.2. The predicted octanol–water partition coefficient (Wildman–Crippen LogP) is -0.254. The molecule has 1 saturated heterocycles. The molecule has 8 heteroatoms. The highest BCUT2D eigenvalue weighted by Crippen LogP contribution is 2.20. The summed E-state index contributed by atoms with van der Waals surface area (Å²) < 4.78 is 0. The maximum Gasteiger partial charge on any atom is 0.245 e. The predicted molar refractivity (Wildman–Crippen MR) is 66.7 cm³/mol. The number of anilines is 1. The molecule has 1 fully saturated rings. The van der Waals surface area contributed by atoms with Crippen molar-refractivity contribution in [3.63, 3.8) is 0 Å². The molecule has 2 aromatic rings. The second-order valence-corrected chi connectivity index (χ2v) is 4.21. The maximum atomic E-state index is 12.0. The Balaban J connectivity index is 1.61. The largest absolute Gasteiger partial charge is 0.293 e. The van der Waals surface area contributed by atoms with E-state index < -0.39 is 0 Å². The number of aromatic amines is 1. The fourth-order valence-electron chi connectivity index (χ4n) is 1.97. The van der Waals surface area contributed by atoms with E-state index in [1.165, 1.54) is 6.33 Å². The summed E-state index contributed by atoms with van der Waals surface area (Å²) in [5, 5.41) is 8.89. The summed E-state index contributed by atoms with van der Waals surface area (Å²) in [4.78, 5) is 20.1. The molecule has 2 aromatic heterocycles. The lowest BCUT2D eigenvalue weighted by atomic mass is 10.1. The van der Waals surface area contributed by atoms with Crippen LogP contribution in [0.3, 0.4) is 0 Å². The number of H-pyrrole nitrogens is 1. The molecular formula is C11H13N7O. The lowest BCUT2D eigenvalue weighted by Crippen LogP contribution is -2.39. The first-order chi connectivity index (χ1) is 9.33. The third kappa shape index (κ3) is 2.59. The van der Waals surface area contributed by atoms with Gasteiger partial charge in [-0.1, -0.05) is 6.07 Å². The van der Waals surface area contributed by atoms with E-state index in [1.54, 1.807) is 6.20 Å². The topological polar surface area (TPSA) is 108 Å². The molecule has 98 valence electrons. The minimum Gasteiger partial charge on any atom is -0.293 e. The van der Waals surface area contributed by atoms with E-state index in [2.05, 4.69) is 36.3 Å². The first-order valence-electron chi connectivity index (χ1n) is 5.91. The average Bonchev–Trinajstić information content (AvgIpc) is 3.10. The molecule has 0 radical (unpaired) electrons. The van der Waals surface area contributed by atoms with Crippen LogP contribution in [0.5, 0.6) is 0 Å². The number of hydrazine groups is 1. The number of amides is 1. The number of nitrogens with one attached hydrogen (secondary N) is 4. The number of hydrogen-bond donors (Lipinski definition) is 4. The van der Waals surface area contributed by atoms with Crippen LogP contribution in [0.15, 0.2) is 30.7 Å². The van der Waals surface area contributed by atoms with Gasteiger partial charge in [0.2, 0.25) is 11.9 Å². The molecule has 4 N–H and O–H groups in total. The number of carbonyl (C=O) groups is 1. The summed E-state index contributed by atoms with van der Waals surface area (Å²) >= 11 is 0. The summed E-state index contributed by atoms with van der Waals surface area (Å²) in [6, 6.07) is 5.39. The first kappa shape index (κ1) is 11.8. The molecule has 1 aliphatic rings. The smallest absolute Gasteiger partial charge is 0.245 e. The summed E-state index contributed by atoms with van der Waals surface area (Å²) in [5.74, 6) is 0.177. The molecule has 3 rings (SSSR count). The van der Waals surface area contributed by atoms with Crippen LogP contribution in [0.4, 0.5) is 5.95 Å². The minimum atomic E-state index is -0.336. The maximum absolute atomic E-state index is 12.0. The van der Waals surface area contributed by atoms with E-state index >= 15 is 0 Å². The van der Waals surface area contributed by atoms with Gasteiger partial charge in [-0.05, 0) is 18.6 Å².